The molecule has 0 bridgehead atoms. The molecular formula is C23H25F3N4O. The Morgan fingerprint density at radius 3 is 2.45 bits per heavy atom. The van der Waals surface area contributed by atoms with Crippen molar-refractivity contribution in [3.63, 3.8) is 0 Å². The maximum atomic E-state index is 13.0. The molecule has 0 atom stereocenters. The number of hydrogen-bond donors (Lipinski definition) is 0. The lowest BCUT2D eigenvalue weighted by Gasteiger charge is -2.36. The molecule has 4 rings (SSSR count). The molecule has 164 valence electrons. The number of nitrogens with zero attached hydrogens (tertiary/aromatic N) is 4. The van der Waals surface area contributed by atoms with Crippen molar-refractivity contribution in [2.24, 2.45) is 0 Å². The minimum atomic E-state index is -4.33. The summed E-state index contributed by atoms with van der Waals surface area (Å²) in [6.07, 6.45) is -3.51. The summed E-state index contributed by atoms with van der Waals surface area (Å²) in [7, 11) is 0. The normalized spacial score (nSPS) is 15.5. The first-order valence-corrected chi connectivity index (χ1v) is 10.4. The van der Waals surface area contributed by atoms with E-state index in [1.807, 2.05) is 29.2 Å². The van der Waals surface area contributed by atoms with Gasteiger partial charge in [-0.1, -0.05) is 18.2 Å². The Morgan fingerprint density at radius 1 is 0.968 bits per heavy atom. The second kappa shape index (κ2) is 8.70. The van der Waals surface area contributed by atoms with Gasteiger partial charge in [0.1, 0.15) is 5.69 Å². The highest BCUT2D eigenvalue weighted by atomic mass is 19.4. The number of piperazine rings is 1. The summed E-state index contributed by atoms with van der Waals surface area (Å²) >= 11 is 0. The summed E-state index contributed by atoms with van der Waals surface area (Å²) in [6, 6.07) is 13.2. The molecule has 1 aromatic heterocycles. The van der Waals surface area contributed by atoms with E-state index >= 15 is 0 Å². The van der Waals surface area contributed by atoms with Crippen molar-refractivity contribution in [3.05, 3.63) is 70.1 Å². The lowest BCUT2D eigenvalue weighted by atomic mass is 10.1. The molecular weight excluding hydrogens is 405 g/mol. The summed E-state index contributed by atoms with van der Waals surface area (Å²) in [5, 5.41) is 0. The third kappa shape index (κ3) is 4.74. The Bertz CT molecular complexity index is 1120. The van der Waals surface area contributed by atoms with E-state index < -0.39 is 11.7 Å². The maximum Gasteiger partial charge on any atom is 0.416 e. The Labute approximate surface area is 178 Å². The first-order chi connectivity index (χ1) is 14.8. The molecule has 0 amide bonds. The number of anilines is 1. The third-order valence-corrected chi connectivity index (χ3v) is 5.78. The van der Waals surface area contributed by atoms with Crippen molar-refractivity contribution < 1.29 is 13.2 Å². The van der Waals surface area contributed by atoms with E-state index in [0.29, 0.717) is 31.0 Å². The second-order valence-corrected chi connectivity index (χ2v) is 7.87. The largest absolute Gasteiger partial charge is 0.416 e. The van der Waals surface area contributed by atoms with Crippen LogP contribution in [0.3, 0.4) is 0 Å². The molecule has 2 aromatic carbocycles. The van der Waals surface area contributed by atoms with Gasteiger partial charge in [-0.15, -0.1) is 0 Å². The topological polar surface area (TPSA) is 41.4 Å². The number of fused-ring (bicyclic) bond motifs is 1. The highest BCUT2D eigenvalue weighted by Gasteiger charge is 2.31. The minimum absolute atomic E-state index is 0.0620. The van der Waals surface area contributed by atoms with Gasteiger partial charge >= 0.3 is 6.18 Å². The fourth-order valence-electron chi connectivity index (χ4n) is 4.10. The number of aryl methyl sites for hydroxylation is 2. The predicted molar refractivity (Wildman–Crippen MR) is 115 cm³/mol. The number of para-hydroxylation sites is 2. The molecule has 1 aliphatic rings. The van der Waals surface area contributed by atoms with Crippen LogP contribution in [0.25, 0.3) is 11.0 Å². The van der Waals surface area contributed by atoms with Gasteiger partial charge in [0.25, 0.3) is 5.56 Å². The van der Waals surface area contributed by atoms with Crippen molar-refractivity contribution in [2.45, 2.75) is 26.1 Å². The summed E-state index contributed by atoms with van der Waals surface area (Å²) in [6.45, 7) is 6.09. The highest BCUT2D eigenvalue weighted by Crippen LogP contribution is 2.31. The van der Waals surface area contributed by atoms with E-state index in [9.17, 15) is 18.0 Å². The van der Waals surface area contributed by atoms with Gasteiger partial charge in [0.15, 0.2) is 0 Å². The first kappa shape index (κ1) is 21.4. The molecule has 1 aliphatic heterocycles. The molecule has 8 heteroatoms. The van der Waals surface area contributed by atoms with E-state index in [2.05, 4.69) is 9.88 Å². The molecule has 1 fully saturated rings. The highest BCUT2D eigenvalue weighted by molar-refractivity contribution is 5.74. The van der Waals surface area contributed by atoms with Gasteiger partial charge in [-0.3, -0.25) is 9.69 Å². The van der Waals surface area contributed by atoms with Crippen LogP contribution in [0.2, 0.25) is 0 Å². The van der Waals surface area contributed by atoms with Gasteiger partial charge in [0, 0.05) is 38.4 Å². The standard InChI is InChI=1S/C23H25F3N4O/c1-17-22(31)30(21-9-3-2-8-20(21)27-17)11-5-10-28-12-14-29(15-13-28)19-7-4-6-18(16-19)23(24,25)26/h2-4,6-9,16H,5,10-15H2,1H3. The number of hydrogen-bond acceptors (Lipinski definition) is 4. The molecule has 0 saturated carbocycles. The summed E-state index contributed by atoms with van der Waals surface area (Å²) < 4.78 is 40.7. The third-order valence-electron chi connectivity index (χ3n) is 5.78. The smallest absolute Gasteiger partial charge is 0.369 e. The van der Waals surface area contributed by atoms with Gasteiger partial charge in [-0.2, -0.15) is 13.2 Å². The number of rotatable bonds is 5. The van der Waals surface area contributed by atoms with Crippen molar-refractivity contribution in [3.8, 4) is 0 Å². The van der Waals surface area contributed by atoms with Crippen LogP contribution in [0.4, 0.5) is 18.9 Å². The average Bonchev–Trinajstić information content (AvgIpc) is 2.76. The zero-order valence-corrected chi connectivity index (χ0v) is 17.4. The van der Waals surface area contributed by atoms with Gasteiger partial charge in [-0.05, 0) is 50.2 Å². The van der Waals surface area contributed by atoms with E-state index in [4.69, 9.17) is 0 Å². The number of benzene rings is 2. The molecule has 0 N–H and O–H groups in total. The van der Waals surface area contributed by atoms with Gasteiger partial charge in [-0.25, -0.2) is 4.98 Å². The van der Waals surface area contributed by atoms with Gasteiger partial charge in [0.05, 0.1) is 16.6 Å². The predicted octanol–water partition coefficient (Wildman–Crippen LogP) is 3.94. The van der Waals surface area contributed by atoms with Gasteiger partial charge < -0.3 is 9.47 Å². The van der Waals surface area contributed by atoms with Crippen LogP contribution in [0.1, 0.15) is 17.7 Å². The Hall–Kier alpha value is -2.87. The molecule has 0 unspecified atom stereocenters. The van der Waals surface area contributed by atoms with Crippen LogP contribution in [0.15, 0.2) is 53.3 Å². The number of halogens is 3. The van der Waals surface area contributed by atoms with Crippen LogP contribution in [0.5, 0.6) is 0 Å². The molecule has 5 nitrogen and oxygen atoms in total. The second-order valence-electron chi connectivity index (χ2n) is 7.87. The van der Waals surface area contributed by atoms with Crippen LogP contribution < -0.4 is 10.5 Å². The fourth-order valence-corrected chi connectivity index (χ4v) is 4.10. The lowest BCUT2D eigenvalue weighted by molar-refractivity contribution is -0.137. The quantitative estimate of drug-likeness (QED) is 0.615. The van der Waals surface area contributed by atoms with Crippen molar-refractivity contribution in [1.82, 2.24) is 14.5 Å². The zero-order valence-electron chi connectivity index (χ0n) is 17.4. The van der Waals surface area contributed by atoms with E-state index in [-0.39, 0.29) is 5.56 Å². The molecule has 3 aromatic rings. The van der Waals surface area contributed by atoms with Crippen molar-refractivity contribution in [2.75, 3.05) is 37.6 Å². The molecule has 31 heavy (non-hydrogen) atoms. The summed E-state index contributed by atoms with van der Waals surface area (Å²) in [5.74, 6) is 0. The van der Waals surface area contributed by atoms with Crippen LogP contribution in [0, 0.1) is 6.92 Å². The van der Waals surface area contributed by atoms with Gasteiger partial charge in [0.2, 0.25) is 0 Å². The average molecular weight is 430 g/mol. The molecule has 1 saturated heterocycles. The summed E-state index contributed by atoms with van der Waals surface area (Å²) in [4.78, 5) is 21.2. The molecule has 0 spiro atoms. The Kier molecular flexibility index (Phi) is 6.00. The molecule has 0 aliphatic carbocycles. The van der Waals surface area contributed by atoms with E-state index in [1.54, 1.807) is 17.6 Å². The molecule has 0 radical (unpaired) electrons. The maximum absolute atomic E-state index is 13.0. The van der Waals surface area contributed by atoms with Crippen LogP contribution in [-0.4, -0.2) is 47.2 Å². The van der Waals surface area contributed by atoms with Crippen LogP contribution in [-0.2, 0) is 12.7 Å². The SMILES string of the molecule is Cc1nc2ccccc2n(CCCN2CCN(c3cccc(C(F)(F)F)c3)CC2)c1=O. The molecule has 2 heterocycles. The van der Waals surface area contributed by atoms with E-state index in [1.165, 1.54) is 12.1 Å². The van der Waals surface area contributed by atoms with Crippen LogP contribution >= 0.6 is 0 Å². The van der Waals surface area contributed by atoms with Crippen molar-refractivity contribution >= 4 is 16.7 Å². The number of alkyl halides is 3. The zero-order chi connectivity index (χ0) is 22.0. The Balaban J connectivity index is 1.34. The Morgan fingerprint density at radius 2 is 1.71 bits per heavy atom. The summed E-state index contributed by atoms with van der Waals surface area (Å²) in [5.41, 5.74) is 2.08. The monoisotopic (exact) mass is 430 g/mol. The minimum Gasteiger partial charge on any atom is -0.369 e. The van der Waals surface area contributed by atoms with E-state index in [0.717, 1.165) is 43.2 Å². The lowest BCUT2D eigenvalue weighted by Crippen LogP contribution is -2.46. The first-order valence-electron chi connectivity index (χ1n) is 10.4. The fraction of sp³-hybridized carbons (Fsp3) is 0.391. The van der Waals surface area contributed by atoms with Crippen molar-refractivity contribution in [1.29, 1.82) is 0 Å². The number of aromatic nitrogens is 2.